The maximum Gasteiger partial charge on any atom is 0.262 e. The highest BCUT2D eigenvalue weighted by Crippen LogP contribution is 2.34. The first kappa shape index (κ1) is 17.4. The Morgan fingerprint density at radius 3 is 2.92 bits per heavy atom. The van der Waals surface area contributed by atoms with Gasteiger partial charge in [0.25, 0.3) is 5.56 Å². The van der Waals surface area contributed by atoms with Gasteiger partial charge in [-0.1, -0.05) is 0 Å². The van der Waals surface area contributed by atoms with Gasteiger partial charge < -0.3 is 24.5 Å². The second kappa shape index (κ2) is 7.66. The maximum absolute atomic E-state index is 12.7. The number of aromatic nitrogens is 2. The zero-order valence-electron chi connectivity index (χ0n) is 13.8. The van der Waals surface area contributed by atoms with E-state index in [0.717, 1.165) is 6.42 Å². The fourth-order valence-corrected chi connectivity index (χ4v) is 2.88. The number of aromatic amines is 1. The highest BCUT2D eigenvalue weighted by molar-refractivity contribution is 7.71. The van der Waals surface area contributed by atoms with E-state index in [4.69, 9.17) is 26.4 Å². The second-order valence-corrected chi connectivity index (χ2v) is 5.97. The first-order valence-corrected chi connectivity index (χ1v) is 8.33. The minimum Gasteiger partial charge on any atom is -0.454 e. The summed E-state index contributed by atoms with van der Waals surface area (Å²) < 4.78 is 17.2. The molecule has 134 valence electrons. The van der Waals surface area contributed by atoms with E-state index in [0.29, 0.717) is 35.6 Å². The van der Waals surface area contributed by atoms with E-state index < -0.39 is 0 Å². The molecule has 0 aliphatic carbocycles. The van der Waals surface area contributed by atoms with E-state index in [1.807, 2.05) is 0 Å². The van der Waals surface area contributed by atoms with Crippen molar-refractivity contribution in [2.75, 3.05) is 27.1 Å². The van der Waals surface area contributed by atoms with Gasteiger partial charge in [0.15, 0.2) is 16.3 Å². The number of carbonyl (C=O) groups is 1. The van der Waals surface area contributed by atoms with Gasteiger partial charge in [-0.15, -0.1) is 0 Å². The Morgan fingerprint density at radius 2 is 2.16 bits per heavy atom. The highest BCUT2D eigenvalue weighted by atomic mass is 32.1. The quantitative estimate of drug-likeness (QED) is 0.568. The van der Waals surface area contributed by atoms with E-state index in [1.54, 1.807) is 19.2 Å². The number of fused-ring (bicyclic) bond motifs is 2. The van der Waals surface area contributed by atoms with Crippen molar-refractivity contribution in [2.45, 2.75) is 19.4 Å². The Bertz CT molecular complexity index is 905. The minimum atomic E-state index is -0.260. The topological polar surface area (TPSA) is 94.6 Å². The van der Waals surface area contributed by atoms with Gasteiger partial charge in [0.2, 0.25) is 12.7 Å². The smallest absolute Gasteiger partial charge is 0.262 e. The Hall–Kier alpha value is -2.39. The number of rotatable bonds is 7. The first-order chi connectivity index (χ1) is 12.1. The summed E-state index contributed by atoms with van der Waals surface area (Å²) >= 11 is 5.26. The molecule has 2 N–H and O–H groups in total. The number of methoxy groups -OCH3 is 1. The molecule has 2 heterocycles. The number of nitrogens with one attached hydrogen (secondary N) is 2. The fraction of sp³-hybridized carbons (Fsp3) is 0.438. The highest BCUT2D eigenvalue weighted by Gasteiger charge is 2.17. The van der Waals surface area contributed by atoms with Crippen LogP contribution in [0, 0.1) is 4.77 Å². The Morgan fingerprint density at radius 1 is 1.40 bits per heavy atom. The van der Waals surface area contributed by atoms with E-state index in [1.165, 1.54) is 4.57 Å². The summed E-state index contributed by atoms with van der Waals surface area (Å²) in [6, 6.07) is 3.33. The monoisotopic (exact) mass is 365 g/mol. The van der Waals surface area contributed by atoms with Gasteiger partial charge in [-0.3, -0.25) is 14.2 Å². The van der Waals surface area contributed by atoms with Gasteiger partial charge in [0.1, 0.15) is 0 Å². The predicted octanol–water partition coefficient (Wildman–Crippen LogP) is 1.33. The lowest BCUT2D eigenvalue weighted by Crippen LogP contribution is -2.29. The molecule has 0 atom stereocenters. The molecule has 25 heavy (non-hydrogen) atoms. The zero-order chi connectivity index (χ0) is 17.8. The molecular weight excluding hydrogens is 346 g/mol. The lowest BCUT2D eigenvalue weighted by molar-refractivity contribution is -0.121. The standard InChI is InChI=1S/C16H19N3O5S/c1-22-6-2-4-17-14(20)3-5-19-15(21)10-7-12-13(24-9-23-12)8-11(10)18-16(19)25/h7-8H,2-6,9H2,1H3,(H,17,20)(H,18,25). The molecule has 0 radical (unpaired) electrons. The lowest BCUT2D eigenvalue weighted by Gasteiger charge is -2.09. The number of hydrogen-bond acceptors (Lipinski definition) is 6. The molecule has 1 aromatic heterocycles. The minimum absolute atomic E-state index is 0.129. The van der Waals surface area contributed by atoms with Crippen LogP contribution in [0.4, 0.5) is 0 Å². The van der Waals surface area contributed by atoms with Gasteiger partial charge in [-0.05, 0) is 24.7 Å². The van der Waals surface area contributed by atoms with E-state index >= 15 is 0 Å². The third-order valence-electron chi connectivity index (χ3n) is 3.88. The number of ether oxygens (including phenoxy) is 3. The largest absolute Gasteiger partial charge is 0.454 e. The van der Waals surface area contributed by atoms with Gasteiger partial charge in [0, 0.05) is 39.3 Å². The van der Waals surface area contributed by atoms with Crippen LogP contribution in [0.25, 0.3) is 10.9 Å². The molecule has 0 unspecified atom stereocenters. The van der Waals surface area contributed by atoms with Crippen molar-refractivity contribution >= 4 is 29.0 Å². The number of benzene rings is 1. The van der Waals surface area contributed by atoms with E-state index in [2.05, 4.69) is 10.3 Å². The van der Waals surface area contributed by atoms with Crippen LogP contribution in [0.2, 0.25) is 0 Å². The third-order valence-corrected chi connectivity index (χ3v) is 4.21. The van der Waals surface area contributed by atoms with Crippen molar-refractivity contribution in [3.8, 4) is 11.5 Å². The molecule has 1 aliphatic heterocycles. The van der Waals surface area contributed by atoms with Crippen LogP contribution >= 0.6 is 12.2 Å². The molecule has 0 spiro atoms. The van der Waals surface area contributed by atoms with Crippen molar-refractivity contribution in [3.05, 3.63) is 27.3 Å². The van der Waals surface area contributed by atoms with Crippen molar-refractivity contribution < 1.29 is 19.0 Å². The Kier molecular flexibility index (Phi) is 5.34. The summed E-state index contributed by atoms with van der Waals surface area (Å²) in [5.41, 5.74) is 0.323. The fourth-order valence-electron chi connectivity index (χ4n) is 2.59. The SMILES string of the molecule is COCCCNC(=O)CCn1c(=S)[nH]c2cc3c(cc2c1=O)OCO3. The Balaban J connectivity index is 1.76. The molecule has 1 aromatic carbocycles. The van der Waals surface area contributed by atoms with Crippen LogP contribution in [-0.4, -0.2) is 42.5 Å². The van der Waals surface area contributed by atoms with Crippen molar-refractivity contribution in [2.24, 2.45) is 0 Å². The molecular formula is C16H19N3O5S. The molecule has 0 saturated carbocycles. The summed E-state index contributed by atoms with van der Waals surface area (Å²) in [5, 5.41) is 3.23. The van der Waals surface area contributed by atoms with Crippen LogP contribution in [0.3, 0.4) is 0 Å². The lowest BCUT2D eigenvalue weighted by atomic mass is 10.2. The number of amides is 1. The summed E-state index contributed by atoms with van der Waals surface area (Å²) in [6.07, 6.45) is 0.909. The molecule has 0 bridgehead atoms. The number of H-pyrrole nitrogens is 1. The van der Waals surface area contributed by atoms with Crippen LogP contribution in [0.1, 0.15) is 12.8 Å². The first-order valence-electron chi connectivity index (χ1n) is 7.92. The summed E-state index contributed by atoms with van der Waals surface area (Å²) in [4.78, 5) is 27.6. The molecule has 1 aliphatic rings. The number of hydrogen-bond donors (Lipinski definition) is 2. The van der Waals surface area contributed by atoms with Crippen molar-refractivity contribution in [1.29, 1.82) is 0 Å². The second-order valence-electron chi connectivity index (χ2n) is 5.58. The average Bonchev–Trinajstić information content (AvgIpc) is 3.04. The molecule has 0 saturated heterocycles. The zero-order valence-corrected chi connectivity index (χ0v) is 14.6. The molecule has 2 aromatic rings. The predicted molar refractivity (Wildman–Crippen MR) is 93.6 cm³/mol. The molecule has 8 nitrogen and oxygen atoms in total. The van der Waals surface area contributed by atoms with Crippen molar-refractivity contribution in [3.63, 3.8) is 0 Å². The summed E-state index contributed by atoms with van der Waals surface area (Å²) in [7, 11) is 1.61. The third kappa shape index (κ3) is 3.83. The van der Waals surface area contributed by atoms with Crippen molar-refractivity contribution in [1.82, 2.24) is 14.9 Å². The molecule has 9 heteroatoms. The summed E-state index contributed by atoms with van der Waals surface area (Å²) in [6.45, 7) is 1.46. The molecule has 0 fully saturated rings. The number of carbonyl (C=O) groups excluding carboxylic acids is 1. The molecule has 1 amide bonds. The van der Waals surface area contributed by atoms with Gasteiger partial charge in [-0.2, -0.15) is 0 Å². The Labute approximate surface area is 148 Å². The van der Waals surface area contributed by atoms with Gasteiger partial charge >= 0.3 is 0 Å². The van der Waals surface area contributed by atoms with Crippen LogP contribution < -0.4 is 20.3 Å². The van der Waals surface area contributed by atoms with Gasteiger partial charge in [0.05, 0.1) is 10.9 Å². The van der Waals surface area contributed by atoms with Crippen LogP contribution in [0.15, 0.2) is 16.9 Å². The molecule has 3 rings (SSSR count). The van der Waals surface area contributed by atoms with Crippen LogP contribution in [0.5, 0.6) is 11.5 Å². The van der Waals surface area contributed by atoms with Gasteiger partial charge in [-0.25, -0.2) is 0 Å². The summed E-state index contributed by atoms with van der Waals surface area (Å²) in [5.74, 6) is 0.964. The normalized spacial score (nSPS) is 12.5. The average molecular weight is 365 g/mol. The van der Waals surface area contributed by atoms with Crippen LogP contribution in [-0.2, 0) is 16.1 Å². The van der Waals surface area contributed by atoms with E-state index in [-0.39, 0.29) is 36.0 Å². The maximum atomic E-state index is 12.7. The number of nitrogens with zero attached hydrogens (tertiary/aromatic N) is 1. The van der Waals surface area contributed by atoms with E-state index in [9.17, 15) is 9.59 Å².